The van der Waals surface area contributed by atoms with Crippen LogP contribution in [-0.4, -0.2) is 11.1 Å². The number of rotatable bonds is 1. The van der Waals surface area contributed by atoms with E-state index in [-0.39, 0.29) is 10.9 Å². The van der Waals surface area contributed by atoms with Crippen molar-refractivity contribution in [1.82, 2.24) is 0 Å². The highest BCUT2D eigenvalue weighted by Gasteiger charge is 2.05. The van der Waals surface area contributed by atoms with Gasteiger partial charge in [-0.05, 0) is 23.6 Å². The molecule has 14 heavy (non-hydrogen) atoms. The molecule has 0 bridgehead atoms. The second kappa shape index (κ2) is 2.99. The van der Waals surface area contributed by atoms with Gasteiger partial charge in [-0.1, -0.05) is 6.07 Å². The number of carboxylic acids is 1. The number of carboxylic acid groups (broad SMARTS) is 1. The summed E-state index contributed by atoms with van der Waals surface area (Å²) >= 11 is 0. The minimum absolute atomic E-state index is 0.0796. The number of aromatic carboxylic acids is 1. The molecule has 0 aliphatic rings. The van der Waals surface area contributed by atoms with Crippen molar-refractivity contribution in [3.05, 3.63) is 46.5 Å². The molecule has 0 radical (unpaired) electrons. The average molecular weight is 190 g/mol. The predicted molar refractivity (Wildman–Crippen MR) is 49.4 cm³/mol. The minimum atomic E-state index is -1.06. The lowest BCUT2D eigenvalue weighted by Gasteiger charge is -1.96. The van der Waals surface area contributed by atoms with Crippen LogP contribution in [-0.2, 0) is 0 Å². The molecule has 2 rings (SSSR count). The zero-order chi connectivity index (χ0) is 10.1. The lowest BCUT2D eigenvalue weighted by atomic mass is 10.1. The summed E-state index contributed by atoms with van der Waals surface area (Å²) in [7, 11) is 0. The van der Waals surface area contributed by atoms with Crippen LogP contribution >= 0.6 is 0 Å². The van der Waals surface area contributed by atoms with E-state index in [1.54, 1.807) is 12.1 Å². The van der Waals surface area contributed by atoms with Crippen LogP contribution in [0.4, 0.5) is 0 Å². The van der Waals surface area contributed by atoms with Crippen LogP contribution in [0.2, 0.25) is 0 Å². The highest BCUT2D eigenvalue weighted by Crippen LogP contribution is 2.11. The summed E-state index contributed by atoms with van der Waals surface area (Å²) < 4.78 is 4.63. The van der Waals surface area contributed by atoms with Crippen LogP contribution in [0, 0.1) is 0 Å². The van der Waals surface area contributed by atoms with Gasteiger partial charge in [-0.15, -0.1) is 0 Å². The number of carbonyl (C=O) groups is 1. The minimum Gasteiger partial charge on any atom is -0.478 e. The maximum atomic E-state index is 11.2. The maximum absolute atomic E-state index is 11.2. The second-order valence-corrected chi connectivity index (χ2v) is 2.82. The van der Waals surface area contributed by atoms with Gasteiger partial charge in [0.25, 0.3) is 0 Å². The molecule has 1 aromatic carbocycles. The van der Waals surface area contributed by atoms with Crippen molar-refractivity contribution in [3.63, 3.8) is 0 Å². The zero-order valence-corrected chi connectivity index (χ0v) is 7.06. The van der Waals surface area contributed by atoms with E-state index in [1.807, 2.05) is 0 Å². The smallest absolute Gasteiger partial charge is 0.343 e. The molecule has 4 heteroatoms. The molecule has 0 saturated carbocycles. The molecule has 70 valence electrons. The standard InChI is InChI=1S/C10H6O4/c11-9(12)7-2-1-6-3-4-14-10(13)8(6)5-7/h1-5H,(H,11,12). The Morgan fingerprint density at radius 2 is 2.07 bits per heavy atom. The lowest BCUT2D eigenvalue weighted by Crippen LogP contribution is -2.01. The quantitative estimate of drug-likeness (QED) is 0.739. The van der Waals surface area contributed by atoms with E-state index in [0.717, 1.165) is 0 Å². The van der Waals surface area contributed by atoms with Gasteiger partial charge < -0.3 is 9.52 Å². The average Bonchev–Trinajstić information content (AvgIpc) is 2.18. The molecule has 1 N–H and O–H groups in total. The Morgan fingerprint density at radius 3 is 2.79 bits per heavy atom. The molecule has 0 unspecified atom stereocenters. The number of hydrogen-bond donors (Lipinski definition) is 1. The maximum Gasteiger partial charge on any atom is 0.343 e. The monoisotopic (exact) mass is 190 g/mol. The van der Waals surface area contributed by atoms with Gasteiger partial charge in [0.1, 0.15) is 0 Å². The van der Waals surface area contributed by atoms with Gasteiger partial charge in [0.15, 0.2) is 0 Å². The van der Waals surface area contributed by atoms with Gasteiger partial charge in [-0.3, -0.25) is 0 Å². The van der Waals surface area contributed by atoms with Crippen LogP contribution in [0.5, 0.6) is 0 Å². The molecule has 0 aliphatic heterocycles. The molecule has 1 heterocycles. The molecule has 0 saturated heterocycles. The molecule has 1 aromatic heterocycles. The molecule has 4 nitrogen and oxygen atoms in total. The highest BCUT2D eigenvalue weighted by atomic mass is 16.4. The van der Waals surface area contributed by atoms with Gasteiger partial charge >= 0.3 is 11.6 Å². The normalized spacial score (nSPS) is 10.3. The van der Waals surface area contributed by atoms with Crippen LogP contribution in [0.3, 0.4) is 0 Å². The Bertz CT molecular complexity index is 553. The third-order valence-electron chi connectivity index (χ3n) is 1.94. The van der Waals surface area contributed by atoms with Crippen molar-refractivity contribution in [1.29, 1.82) is 0 Å². The van der Waals surface area contributed by atoms with E-state index in [2.05, 4.69) is 4.42 Å². The third-order valence-corrected chi connectivity index (χ3v) is 1.94. The Kier molecular flexibility index (Phi) is 1.81. The van der Waals surface area contributed by atoms with Crippen LogP contribution in [0.1, 0.15) is 10.4 Å². The predicted octanol–water partition coefficient (Wildman–Crippen LogP) is 1.49. The van der Waals surface area contributed by atoms with Gasteiger partial charge in [-0.2, -0.15) is 0 Å². The first-order valence-corrected chi connectivity index (χ1v) is 3.93. The topological polar surface area (TPSA) is 67.5 Å². The SMILES string of the molecule is O=C(O)c1ccc2ccoc(=O)c2c1. The Labute approximate surface area is 78.4 Å². The summed E-state index contributed by atoms with van der Waals surface area (Å²) in [5.74, 6) is -1.06. The van der Waals surface area contributed by atoms with E-state index in [9.17, 15) is 9.59 Å². The van der Waals surface area contributed by atoms with Crippen molar-refractivity contribution in [2.24, 2.45) is 0 Å². The molecule has 0 spiro atoms. The first kappa shape index (κ1) is 8.50. The summed E-state index contributed by atoms with van der Waals surface area (Å²) in [4.78, 5) is 21.8. The van der Waals surface area contributed by atoms with Gasteiger partial charge in [0, 0.05) is 0 Å². The summed E-state index contributed by atoms with van der Waals surface area (Å²) in [6, 6.07) is 5.95. The van der Waals surface area contributed by atoms with Crippen LogP contribution in [0.25, 0.3) is 10.8 Å². The van der Waals surface area contributed by atoms with E-state index < -0.39 is 11.6 Å². The summed E-state index contributed by atoms with van der Waals surface area (Å²) in [6.45, 7) is 0. The van der Waals surface area contributed by atoms with Crippen molar-refractivity contribution in [2.75, 3.05) is 0 Å². The fourth-order valence-electron chi connectivity index (χ4n) is 1.24. The van der Waals surface area contributed by atoms with Crippen LogP contribution in [0.15, 0.2) is 39.7 Å². The first-order chi connectivity index (χ1) is 6.68. The van der Waals surface area contributed by atoms with E-state index in [1.165, 1.54) is 18.4 Å². The lowest BCUT2D eigenvalue weighted by molar-refractivity contribution is 0.0697. The van der Waals surface area contributed by atoms with Gasteiger partial charge in [0.2, 0.25) is 0 Å². The Hall–Kier alpha value is -2.10. The van der Waals surface area contributed by atoms with Crippen molar-refractivity contribution >= 4 is 16.7 Å². The van der Waals surface area contributed by atoms with Crippen molar-refractivity contribution in [3.8, 4) is 0 Å². The fraction of sp³-hybridized carbons (Fsp3) is 0. The first-order valence-electron chi connectivity index (χ1n) is 3.93. The summed E-state index contributed by atoms with van der Waals surface area (Å²) in [5.41, 5.74) is -0.443. The van der Waals surface area contributed by atoms with E-state index in [4.69, 9.17) is 5.11 Å². The molecule has 2 aromatic rings. The molecular weight excluding hydrogens is 184 g/mol. The number of fused-ring (bicyclic) bond motifs is 1. The van der Waals surface area contributed by atoms with E-state index >= 15 is 0 Å². The largest absolute Gasteiger partial charge is 0.478 e. The van der Waals surface area contributed by atoms with E-state index in [0.29, 0.717) is 5.39 Å². The highest BCUT2D eigenvalue weighted by molar-refractivity contribution is 5.93. The number of benzene rings is 1. The third kappa shape index (κ3) is 1.26. The fourth-order valence-corrected chi connectivity index (χ4v) is 1.24. The molecular formula is C10H6O4. The Balaban J connectivity index is 2.83. The van der Waals surface area contributed by atoms with Crippen LogP contribution < -0.4 is 5.63 Å². The van der Waals surface area contributed by atoms with Crippen molar-refractivity contribution in [2.45, 2.75) is 0 Å². The molecule has 0 amide bonds. The molecule has 0 atom stereocenters. The van der Waals surface area contributed by atoms with Crippen molar-refractivity contribution < 1.29 is 14.3 Å². The van der Waals surface area contributed by atoms with Gasteiger partial charge in [-0.25, -0.2) is 9.59 Å². The second-order valence-electron chi connectivity index (χ2n) is 2.82. The number of hydrogen-bond acceptors (Lipinski definition) is 3. The Morgan fingerprint density at radius 1 is 1.29 bits per heavy atom. The molecule has 0 aliphatic carbocycles. The summed E-state index contributed by atoms with van der Waals surface area (Å²) in [5, 5.41) is 9.66. The molecule has 0 fully saturated rings. The summed E-state index contributed by atoms with van der Waals surface area (Å²) in [6.07, 6.45) is 1.28. The zero-order valence-electron chi connectivity index (χ0n) is 7.06. The van der Waals surface area contributed by atoms with Gasteiger partial charge in [0.05, 0.1) is 17.2 Å².